The van der Waals surface area contributed by atoms with Gasteiger partial charge in [-0.3, -0.25) is 0 Å². The maximum atomic E-state index is 5.93. The monoisotopic (exact) mass is 236 g/mol. The molecule has 0 radical (unpaired) electrons. The molecule has 4 nitrogen and oxygen atoms in total. The number of nitrogens with zero attached hydrogens (tertiary/aromatic N) is 3. The van der Waals surface area contributed by atoms with E-state index in [1.165, 1.54) is 0 Å². The van der Waals surface area contributed by atoms with Gasteiger partial charge >= 0.3 is 0 Å². The normalized spacial score (nSPS) is 12.8. The summed E-state index contributed by atoms with van der Waals surface area (Å²) in [6.07, 6.45) is 0. The van der Waals surface area contributed by atoms with Crippen molar-refractivity contribution in [3.05, 3.63) is 40.7 Å². The van der Waals surface area contributed by atoms with E-state index in [9.17, 15) is 0 Å². The molecule has 2 N–H and O–H groups in total. The molecule has 1 aromatic heterocycles. The van der Waals surface area contributed by atoms with Gasteiger partial charge in [0.05, 0.1) is 11.4 Å². The lowest BCUT2D eigenvalue weighted by molar-refractivity contribution is 0.756. The van der Waals surface area contributed by atoms with Crippen LogP contribution < -0.4 is 5.73 Å². The van der Waals surface area contributed by atoms with Crippen molar-refractivity contribution in [3.63, 3.8) is 0 Å². The first-order chi connectivity index (χ1) is 7.59. The van der Waals surface area contributed by atoms with E-state index in [0.717, 1.165) is 17.1 Å². The fraction of sp³-hybridized carbons (Fsp3) is 0.273. The van der Waals surface area contributed by atoms with E-state index in [1.807, 2.05) is 38.1 Å². The molecule has 0 spiro atoms. The fourth-order valence-electron chi connectivity index (χ4n) is 1.61. The van der Waals surface area contributed by atoms with Crippen molar-refractivity contribution in [1.82, 2.24) is 15.0 Å². The molecule has 5 heteroatoms. The van der Waals surface area contributed by atoms with Crippen LogP contribution in [0.25, 0.3) is 5.69 Å². The second-order valence-corrected chi connectivity index (χ2v) is 4.18. The van der Waals surface area contributed by atoms with E-state index < -0.39 is 0 Å². The van der Waals surface area contributed by atoms with Crippen molar-refractivity contribution in [3.8, 4) is 5.69 Å². The summed E-state index contributed by atoms with van der Waals surface area (Å²) in [6.45, 7) is 3.83. The Balaban J connectivity index is 2.49. The zero-order chi connectivity index (χ0) is 11.7. The minimum atomic E-state index is -0.118. The Morgan fingerprint density at radius 3 is 2.75 bits per heavy atom. The second-order valence-electron chi connectivity index (χ2n) is 3.74. The number of benzene rings is 1. The molecule has 0 aliphatic heterocycles. The van der Waals surface area contributed by atoms with Gasteiger partial charge in [-0.2, -0.15) is 0 Å². The summed E-state index contributed by atoms with van der Waals surface area (Å²) in [7, 11) is 0. The van der Waals surface area contributed by atoms with Crippen molar-refractivity contribution < 1.29 is 0 Å². The van der Waals surface area contributed by atoms with Gasteiger partial charge in [-0.1, -0.05) is 22.9 Å². The number of rotatable bonds is 2. The summed E-state index contributed by atoms with van der Waals surface area (Å²) >= 11 is 5.93. The van der Waals surface area contributed by atoms with E-state index in [1.54, 1.807) is 4.68 Å². The van der Waals surface area contributed by atoms with Gasteiger partial charge in [-0.25, -0.2) is 4.68 Å². The van der Waals surface area contributed by atoms with Crippen LogP contribution in [0.3, 0.4) is 0 Å². The topological polar surface area (TPSA) is 56.7 Å². The highest BCUT2D eigenvalue weighted by Gasteiger charge is 2.12. The van der Waals surface area contributed by atoms with Crippen LogP contribution in [0.15, 0.2) is 24.3 Å². The Morgan fingerprint density at radius 1 is 1.44 bits per heavy atom. The molecular formula is C11H13ClN4. The Kier molecular flexibility index (Phi) is 2.94. The lowest BCUT2D eigenvalue weighted by Crippen LogP contribution is -2.07. The van der Waals surface area contributed by atoms with E-state index in [0.29, 0.717) is 5.02 Å². The average molecular weight is 237 g/mol. The molecule has 0 bridgehead atoms. The highest BCUT2D eigenvalue weighted by atomic mass is 35.5. The molecule has 2 rings (SSSR count). The molecular weight excluding hydrogens is 224 g/mol. The molecule has 0 saturated carbocycles. The summed E-state index contributed by atoms with van der Waals surface area (Å²) in [6, 6.07) is 7.36. The van der Waals surface area contributed by atoms with Crippen molar-refractivity contribution >= 4 is 11.6 Å². The van der Waals surface area contributed by atoms with E-state index >= 15 is 0 Å². The summed E-state index contributed by atoms with van der Waals surface area (Å²) in [4.78, 5) is 0. The number of nitrogens with two attached hydrogens (primary N) is 1. The minimum Gasteiger partial charge on any atom is -0.323 e. The Morgan fingerprint density at radius 2 is 2.19 bits per heavy atom. The summed E-state index contributed by atoms with van der Waals surface area (Å²) < 4.78 is 1.74. The van der Waals surface area contributed by atoms with Crippen molar-refractivity contribution in [2.75, 3.05) is 0 Å². The lowest BCUT2D eigenvalue weighted by Gasteiger charge is -2.05. The van der Waals surface area contributed by atoms with Crippen LogP contribution in [0.5, 0.6) is 0 Å². The first-order valence-electron chi connectivity index (χ1n) is 5.03. The van der Waals surface area contributed by atoms with Crippen LogP contribution in [0, 0.1) is 6.92 Å². The Bertz CT molecular complexity index is 504. The quantitative estimate of drug-likeness (QED) is 0.870. The lowest BCUT2D eigenvalue weighted by atomic mass is 10.2. The summed E-state index contributed by atoms with van der Waals surface area (Å²) in [5, 5.41) is 8.82. The molecule has 1 heterocycles. The van der Waals surface area contributed by atoms with Gasteiger partial charge in [-0.05, 0) is 32.0 Å². The van der Waals surface area contributed by atoms with Gasteiger partial charge in [-0.15, -0.1) is 5.10 Å². The largest absolute Gasteiger partial charge is 0.323 e. The third kappa shape index (κ3) is 1.94. The smallest absolute Gasteiger partial charge is 0.102 e. The minimum absolute atomic E-state index is 0.118. The van der Waals surface area contributed by atoms with Gasteiger partial charge < -0.3 is 5.73 Å². The molecule has 1 unspecified atom stereocenters. The molecule has 16 heavy (non-hydrogen) atoms. The maximum Gasteiger partial charge on any atom is 0.102 e. The number of aromatic nitrogens is 3. The number of hydrogen-bond acceptors (Lipinski definition) is 3. The van der Waals surface area contributed by atoms with Gasteiger partial charge in [0.15, 0.2) is 0 Å². The van der Waals surface area contributed by atoms with E-state index in [2.05, 4.69) is 10.3 Å². The zero-order valence-electron chi connectivity index (χ0n) is 9.18. The Labute approximate surface area is 99.0 Å². The predicted octanol–water partition coefficient (Wildman–Crippen LogP) is 2.25. The van der Waals surface area contributed by atoms with Gasteiger partial charge in [0.2, 0.25) is 0 Å². The number of hydrogen-bond donors (Lipinski definition) is 1. The second kappa shape index (κ2) is 4.23. The van der Waals surface area contributed by atoms with Gasteiger partial charge in [0.1, 0.15) is 5.69 Å². The molecule has 84 valence electrons. The van der Waals surface area contributed by atoms with Gasteiger partial charge in [0, 0.05) is 11.1 Å². The highest BCUT2D eigenvalue weighted by molar-refractivity contribution is 6.30. The van der Waals surface area contributed by atoms with Crippen LogP contribution in [0.1, 0.15) is 24.4 Å². The maximum absolute atomic E-state index is 5.93. The molecule has 0 amide bonds. The van der Waals surface area contributed by atoms with Crippen molar-refractivity contribution in [1.29, 1.82) is 0 Å². The average Bonchev–Trinajstić information content (AvgIpc) is 2.60. The van der Waals surface area contributed by atoms with Crippen LogP contribution in [-0.2, 0) is 0 Å². The SMILES string of the molecule is Cc1c(C(C)N)nnn1-c1cccc(Cl)c1. The molecule has 0 saturated heterocycles. The van der Waals surface area contributed by atoms with Crippen LogP contribution in [0.4, 0.5) is 0 Å². The molecule has 0 aliphatic carbocycles. The van der Waals surface area contributed by atoms with Crippen LogP contribution in [-0.4, -0.2) is 15.0 Å². The van der Waals surface area contributed by atoms with Crippen LogP contribution >= 0.6 is 11.6 Å². The summed E-state index contributed by atoms with van der Waals surface area (Å²) in [5.74, 6) is 0. The van der Waals surface area contributed by atoms with Crippen molar-refractivity contribution in [2.24, 2.45) is 5.73 Å². The first-order valence-corrected chi connectivity index (χ1v) is 5.41. The fourth-order valence-corrected chi connectivity index (χ4v) is 1.80. The first kappa shape index (κ1) is 11.1. The third-order valence-corrected chi connectivity index (χ3v) is 2.65. The van der Waals surface area contributed by atoms with Crippen molar-refractivity contribution in [2.45, 2.75) is 19.9 Å². The molecule has 2 aromatic rings. The molecule has 0 fully saturated rings. The molecule has 0 aliphatic rings. The third-order valence-electron chi connectivity index (χ3n) is 2.41. The van der Waals surface area contributed by atoms with E-state index in [4.69, 9.17) is 17.3 Å². The standard InChI is InChI=1S/C11H13ClN4/c1-7(13)11-8(2)16(15-14-11)10-5-3-4-9(12)6-10/h3-7H,13H2,1-2H3. The van der Waals surface area contributed by atoms with Gasteiger partial charge in [0.25, 0.3) is 0 Å². The Hall–Kier alpha value is -1.39. The molecule has 1 aromatic carbocycles. The predicted molar refractivity (Wildman–Crippen MR) is 63.7 cm³/mol. The zero-order valence-corrected chi connectivity index (χ0v) is 9.94. The molecule has 1 atom stereocenters. The number of halogens is 1. The summed E-state index contributed by atoms with van der Waals surface area (Å²) in [5.41, 5.74) is 8.43. The van der Waals surface area contributed by atoms with E-state index in [-0.39, 0.29) is 6.04 Å². The highest BCUT2D eigenvalue weighted by Crippen LogP contribution is 2.18. The van der Waals surface area contributed by atoms with Crippen LogP contribution in [0.2, 0.25) is 5.02 Å².